The van der Waals surface area contributed by atoms with Gasteiger partial charge in [0.05, 0.1) is 19.0 Å². The summed E-state index contributed by atoms with van der Waals surface area (Å²) >= 11 is 0. The second-order valence-electron chi connectivity index (χ2n) is 7.34. The predicted octanol–water partition coefficient (Wildman–Crippen LogP) is 0.755. The van der Waals surface area contributed by atoms with Crippen LogP contribution in [0.15, 0.2) is 12.7 Å². The number of hydrogen-bond acceptors (Lipinski definition) is 8. The first-order valence-electron chi connectivity index (χ1n) is 9.82. The number of anilines is 1. The lowest BCUT2D eigenvalue weighted by Gasteiger charge is -2.40. The number of imidazole rings is 1. The highest BCUT2D eigenvalue weighted by Gasteiger charge is 2.34. The molecular weight excluding hydrogens is 348 g/mol. The van der Waals surface area contributed by atoms with Crippen LogP contribution in [0.1, 0.15) is 38.3 Å². The SMILES string of the molecule is OCCCNc1ncnc2c1ncn2[C@H]1CN(C2CCCC2)C[C@@H](CO)O1. The van der Waals surface area contributed by atoms with E-state index in [2.05, 4.69) is 25.2 Å². The molecular formula is C18H28N6O3. The molecule has 2 aliphatic rings. The van der Waals surface area contributed by atoms with Gasteiger partial charge in [-0.05, 0) is 19.3 Å². The normalized spacial score (nSPS) is 24.7. The number of aliphatic hydroxyl groups is 2. The summed E-state index contributed by atoms with van der Waals surface area (Å²) < 4.78 is 8.08. The molecule has 2 aromatic rings. The number of ether oxygens (including phenoxy) is 1. The van der Waals surface area contributed by atoms with Crippen LogP contribution >= 0.6 is 0 Å². The fourth-order valence-corrected chi connectivity index (χ4v) is 4.14. The maximum atomic E-state index is 9.71. The average molecular weight is 376 g/mol. The third-order valence-electron chi connectivity index (χ3n) is 5.52. The van der Waals surface area contributed by atoms with Crippen molar-refractivity contribution in [2.75, 3.05) is 38.2 Å². The van der Waals surface area contributed by atoms with Gasteiger partial charge < -0.3 is 20.3 Å². The van der Waals surface area contributed by atoms with Crippen molar-refractivity contribution >= 4 is 17.0 Å². The Morgan fingerprint density at radius 2 is 2.00 bits per heavy atom. The summed E-state index contributed by atoms with van der Waals surface area (Å²) in [6.45, 7) is 2.30. The van der Waals surface area contributed by atoms with Crippen molar-refractivity contribution in [3.05, 3.63) is 12.7 Å². The first kappa shape index (κ1) is 18.5. The Hall–Kier alpha value is -1.81. The van der Waals surface area contributed by atoms with E-state index >= 15 is 0 Å². The fraction of sp³-hybridized carbons (Fsp3) is 0.722. The molecule has 9 nitrogen and oxygen atoms in total. The molecule has 2 aromatic heterocycles. The Labute approximate surface area is 158 Å². The molecule has 1 saturated heterocycles. The summed E-state index contributed by atoms with van der Waals surface area (Å²) in [7, 11) is 0. The molecule has 1 aliphatic heterocycles. The van der Waals surface area contributed by atoms with Crippen molar-refractivity contribution < 1.29 is 14.9 Å². The predicted molar refractivity (Wildman–Crippen MR) is 100 cm³/mol. The lowest BCUT2D eigenvalue weighted by atomic mass is 10.1. The smallest absolute Gasteiger partial charge is 0.167 e. The molecule has 148 valence electrons. The maximum absolute atomic E-state index is 9.71. The Morgan fingerprint density at radius 3 is 2.78 bits per heavy atom. The van der Waals surface area contributed by atoms with Gasteiger partial charge in [-0.15, -0.1) is 0 Å². The molecule has 0 spiro atoms. The molecule has 9 heteroatoms. The molecule has 27 heavy (non-hydrogen) atoms. The first-order valence-corrected chi connectivity index (χ1v) is 9.82. The minimum atomic E-state index is -0.235. The van der Waals surface area contributed by atoms with Crippen LogP contribution in [0.3, 0.4) is 0 Å². The van der Waals surface area contributed by atoms with Gasteiger partial charge in [-0.3, -0.25) is 9.47 Å². The van der Waals surface area contributed by atoms with Gasteiger partial charge in [0.2, 0.25) is 0 Å². The van der Waals surface area contributed by atoms with Crippen molar-refractivity contribution in [1.82, 2.24) is 24.4 Å². The Bertz CT molecular complexity index is 748. The first-order chi connectivity index (χ1) is 13.3. The van der Waals surface area contributed by atoms with Crippen molar-refractivity contribution in [2.45, 2.75) is 50.5 Å². The molecule has 4 rings (SSSR count). The van der Waals surface area contributed by atoms with Crippen LogP contribution in [0, 0.1) is 0 Å². The fourth-order valence-electron chi connectivity index (χ4n) is 4.14. The van der Waals surface area contributed by atoms with Gasteiger partial charge in [0.15, 0.2) is 17.0 Å². The lowest BCUT2D eigenvalue weighted by Crippen LogP contribution is -2.50. The van der Waals surface area contributed by atoms with E-state index in [0.717, 1.165) is 13.1 Å². The summed E-state index contributed by atoms with van der Waals surface area (Å²) in [5.74, 6) is 0.661. The zero-order chi connectivity index (χ0) is 18.6. The minimum Gasteiger partial charge on any atom is -0.396 e. The summed E-state index contributed by atoms with van der Waals surface area (Å²) in [5, 5.41) is 21.9. The van der Waals surface area contributed by atoms with E-state index in [1.54, 1.807) is 6.33 Å². The van der Waals surface area contributed by atoms with Crippen molar-refractivity contribution in [3.63, 3.8) is 0 Å². The molecule has 3 N–H and O–H groups in total. The quantitative estimate of drug-likeness (QED) is 0.608. The number of morpholine rings is 1. The number of aromatic nitrogens is 4. The number of nitrogens with one attached hydrogen (secondary N) is 1. The summed E-state index contributed by atoms with van der Waals surface area (Å²) in [4.78, 5) is 15.6. The standard InChI is InChI=1S/C18H28N6O3/c25-7-3-6-19-17-16-18(21-11-20-17)24(12-22-16)15-9-23(8-14(10-26)27-15)13-4-1-2-5-13/h11-15,25-26H,1-10H2,(H,19,20,21)/t14-,15+/m0/s1. The Morgan fingerprint density at radius 1 is 1.15 bits per heavy atom. The second kappa shape index (κ2) is 8.47. The van der Waals surface area contributed by atoms with Crippen LogP contribution in [-0.2, 0) is 4.74 Å². The van der Waals surface area contributed by atoms with Crippen molar-refractivity contribution in [1.29, 1.82) is 0 Å². The maximum Gasteiger partial charge on any atom is 0.167 e. The molecule has 2 fully saturated rings. The zero-order valence-corrected chi connectivity index (χ0v) is 15.5. The molecule has 0 aromatic carbocycles. The number of nitrogens with zero attached hydrogens (tertiary/aromatic N) is 5. The highest BCUT2D eigenvalue weighted by atomic mass is 16.5. The van der Waals surface area contributed by atoms with Crippen LogP contribution in [-0.4, -0.2) is 79.6 Å². The topological polar surface area (TPSA) is 109 Å². The van der Waals surface area contributed by atoms with E-state index in [1.807, 2.05) is 4.57 Å². The summed E-state index contributed by atoms with van der Waals surface area (Å²) in [5.41, 5.74) is 1.41. The summed E-state index contributed by atoms with van der Waals surface area (Å²) in [6.07, 6.45) is 8.46. The van der Waals surface area contributed by atoms with Gasteiger partial charge >= 0.3 is 0 Å². The second-order valence-corrected chi connectivity index (χ2v) is 7.34. The van der Waals surface area contributed by atoms with E-state index in [1.165, 1.54) is 32.0 Å². The number of fused-ring (bicyclic) bond motifs is 1. The zero-order valence-electron chi connectivity index (χ0n) is 15.5. The Kier molecular flexibility index (Phi) is 5.82. The van der Waals surface area contributed by atoms with E-state index in [-0.39, 0.29) is 25.5 Å². The van der Waals surface area contributed by atoms with E-state index < -0.39 is 0 Å². The van der Waals surface area contributed by atoms with Crippen LogP contribution < -0.4 is 5.32 Å². The number of hydrogen-bond donors (Lipinski definition) is 3. The van der Waals surface area contributed by atoms with Gasteiger partial charge in [-0.25, -0.2) is 15.0 Å². The van der Waals surface area contributed by atoms with Gasteiger partial charge in [-0.2, -0.15) is 0 Å². The average Bonchev–Trinajstić information content (AvgIpc) is 3.38. The van der Waals surface area contributed by atoms with Crippen LogP contribution in [0.5, 0.6) is 0 Å². The molecule has 0 radical (unpaired) electrons. The monoisotopic (exact) mass is 376 g/mol. The van der Waals surface area contributed by atoms with Crippen LogP contribution in [0.25, 0.3) is 11.2 Å². The van der Waals surface area contributed by atoms with Gasteiger partial charge in [0.1, 0.15) is 12.6 Å². The van der Waals surface area contributed by atoms with E-state index in [9.17, 15) is 5.11 Å². The van der Waals surface area contributed by atoms with Crippen molar-refractivity contribution in [3.8, 4) is 0 Å². The summed E-state index contributed by atoms with van der Waals surface area (Å²) in [6, 6.07) is 0.575. The molecule has 0 bridgehead atoms. The van der Waals surface area contributed by atoms with Gasteiger partial charge in [-0.1, -0.05) is 12.8 Å². The van der Waals surface area contributed by atoms with Crippen LogP contribution in [0.2, 0.25) is 0 Å². The van der Waals surface area contributed by atoms with Gasteiger partial charge in [0, 0.05) is 32.3 Å². The van der Waals surface area contributed by atoms with Crippen molar-refractivity contribution in [2.24, 2.45) is 0 Å². The van der Waals surface area contributed by atoms with Gasteiger partial charge in [0.25, 0.3) is 0 Å². The van der Waals surface area contributed by atoms with Crippen LogP contribution in [0.4, 0.5) is 5.82 Å². The molecule has 3 heterocycles. The molecule has 0 unspecified atom stereocenters. The molecule has 1 saturated carbocycles. The largest absolute Gasteiger partial charge is 0.396 e. The minimum absolute atomic E-state index is 0.00923. The number of aliphatic hydroxyl groups excluding tert-OH is 2. The number of rotatable bonds is 7. The molecule has 2 atom stereocenters. The third kappa shape index (κ3) is 3.91. The molecule has 0 amide bonds. The van der Waals surface area contributed by atoms with E-state index in [0.29, 0.717) is 36.0 Å². The third-order valence-corrected chi connectivity index (χ3v) is 5.52. The Balaban J connectivity index is 1.57. The van der Waals surface area contributed by atoms with E-state index in [4.69, 9.17) is 9.84 Å². The highest BCUT2D eigenvalue weighted by Crippen LogP contribution is 2.30. The molecule has 1 aliphatic carbocycles. The lowest BCUT2D eigenvalue weighted by molar-refractivity contribution is -0.141. The highest BCUT2D eigenvalue weighted by molar-refractivity contribution is 5.82.